The van der Waals surface area contributed by atoms with Gasteiger partial charge in [0.05, 0.1) is 18.0 Å². The number of nitrogens with one attached hydrogen (secondary N) is 1. The number of benzene rings is 2. The molecule has 0 saturated heterocycles. The molecular weight excluding hydrogens is 369 g/mol. The number of carbonyl (C=O) groups excluding carboxylic acids is 1. The number of carbonyl (C=O) groups is 1. The molecule has 0 unspecified atom stereocenters. The van der Waals surface area contributed by atoms with Crippen molar-refractivity contribution in [1.82, 2.24) is 5.01 Å². The van der Waals surface area contributed by atoms with Crippen molar-refractivity contribution in [3.05, 3.63) is 65.5 Å². The summed E-state index contributed by atoms with van der Waals surface area (Å²) < 4.78 is 39.0. The number of anilines is 1. The summed E-state index contributed by atoms with van der Waals surface area (Å²) in [7, 11) is -3.40. The lowest BCUT2D eigenvalue weighted by atomic mass is 9.98. The highest BCUT2D eigenvalue weighted by molar-refractivity contribution is 7.92. The van der Waals surface area contributed by atoms with Gasteiger partial charge in [-0.15, -0.1) is 0 Å². The van der Waals surface area contributed by atoms with Crippen LogP contribution in [0.2, 0.25) is 0 Å². The Morgan fingerprint density at radius 1 is 1.26 bits per heavy atom. The summed E-state index contributed by atoms with van der Waals surface area (Å²) in [4.78, 5) is 12.3. The Labute approximate surface area is 157 Å². The number of hydrogen-bond acceptors (Lipinski definition) is 4. The molecule has 1 atom stereocenters. The van der Waals surface area contributed by atoms with Crippen molar-refractivity contribution in [2.45, 2.75) is 25.8 Å². The molecule has 0 spiro atoms. The first-order valence-corrected chi connectivity index (χ1v) is 10.4. The first kappa shape index (κ1) is 19.0. The molecule has 6 nitrogen and oxygen atoms in total. The highest BCUT2D eigenvalue weighted by atomic mass is 32.2. The van der Waals surface area contributed by atoms with Gasteiger partial charge in [-0.25, -0.2) is 17.8 Å². The fraction of sp³-hybridized carbons (Fsp3) is 0.263. The van der Waals surface area contributed by atoms with E-state index in [9.17, 15) is 17.6 Å². The van der Waals surface area contributed by atoms with Crippen LogP contribution >= 0.6 is 0 Å². The molecule has 142 valence electrons. The van der Waals surface area contributed by atoms with Crippen LogP contribution in [0.25, 0.3) is 0 Å². The van der Waals surface area contributed by atoms with Crippen molar-refractivity contribution in [2.24, 2.45) is 5.10 Å². The van der Waals surface area contributed by atoms with Crippen LogP contribution in [0.5, 0.6) is 0 Å². The van der Waals surface area contributed by atoms with Crippen molar-refractivity contribution in [2.75, 3.05) is 11.0 Å². The molecular formula is C19H20FN3O3S. The molecule has 0 aliphatic carbocycles. The van der Waals surface area contributed by atoms with E-state index in [1.54, 1.807) is 43.3 Å². The topological polar surface area (TPSA) is 78.8 Å². The normalized spacial score (nSPS) is 16.9. The van der Waals surface area contributed by atoms with Crippen LogP contribution in [-0.2, 0) is 14.8 Å². The predicted octanol–water partition coefficient (Wildman–Crippen LogP) is 3.28. The van der Waals surface area contributed by atoms with Gasteiger partial charge in [-0.3, -0.25) is 9.52 Å². The Bertz CT molecular complexity index is 1000. The third kappa shape index (κ3) is 4.51. The third-order valence-electron chi connectivity index (χ3n) is 4.20. The smallest absolute Gasteiger partial charge is 0.242 e. The van der Waals surface area contributed by atoms with E-state index in [1.807, 2.05) is 0 Å². The van der Waals surface area contributed by atoms with Crippen LogP contribution in [-0.4, -0.2) is 31.3 Å². The quantitative estimate of drug-likeness (QED) is 0.852. The molecule has 1 aliphatic heterocycles. The largest absolute Gasteiger partial charge is 0.284 e. The highest BCUT2D eigenvalue weighted by Crippen LogP contribution is 2.33. The summed E-state index contributed by atoms with van der Waals surface area (Å²) in [6.07, 6.45) is 1.77. The lowest BCUT2D eigenvalue weighted by molar-refractivity contribution is -0.132. The van der Waals surface area contributed by atoms with Gasteiger partial charge in [0.25, 0.3) is 0 Å². The lowest BCUT2D eigenvalue weighted by Crippen LogP contribution is -2.26. The standard InChI is InChI=1S/C19H20FN3O3S/c1-3-19(24)23-18(14-7-4-8-15(20)10-14)12-17(21-23)13-6-5-9-16(11-13)22-27(2,25)26/h4-11,18,22H,3,12H2,1-2H3/t18-/m0/s1. The number of sulfonamides is 1. The second-order valence-corrected chi connectivity index (χ2v) is 8.12. The first-order chi connectivity index (χ1) is 12.8. The predicted molar refractivity (Wildman–Crippen MR) is 102 cm³/mol. The molecule has 1 N–H and O–H groups in total. The Hall–Kier alpha value is -2.74. The Balaban J connectivity index is 1.95. The number of rotatable bonds is 5. The van der Waals surface area contributed by atoms with Gasteiger partial charge in [-0.1, -0.05) is 31.2 Å². The number of amides is 1. The van der Waals surface area contributed by atoms with Gasteiger partial charge < -0.3 is 0 Å². The van der Waals surface area contributed by atoms with Gasteiger partial charge in [-0.05, 0) is 35.4 Å². The molecule has 0 saturated carbocycles. The summed E-state index contributed by atoms with van der Waals surface area (Å²) in [5, 5.41) is 5.84. The van der Waals surface area contributed by atoms with Crippen LogP contribution in [0.4, 0.5) is 10.1 Å². The maximum Gasteiger partial charge on any atom is 0.242 e. The van der Waals surface area contributed by atoms with Gasteiger partial charge in [0.2, 0.25) is 15.9 Å². The minimum atomic E-state index is -3.40. The maximum atomic E-state index is 13.7. The van der Waals surface area contributed by atoms with Crippen molar-refractivity contribution in [3.8, 4) is 0 Å². The second-order valence-electron chi connectivity index (χ2n) is 6.37. The minimum Gasteiger partial charge on any atom is -0.284 e. The molecule has 1 amide bonds. The maximum absolute atomic E-state index is 13.7. The van der Waals surface area contributed by atoms with E-state index in [1.165, 1.54) is 17.1 Å². The van der Waals surface area contributed by atoms with E-state index in [0.717, 1.165) is 6.26 Å². The Morgan fingerprint density at radius 3 is 2.67 bits per heavy atom. The van der Waals surface area contributed by atoms with Crippen molar-refractivity contribution in [1.29, 1.82) is 0 Å². The summed E-state index contributed by atoms with van der Waals surface area (Å²) in [5.41, 5.74) is 2.43. The monoisotopic (exact) mass is 389 g/mol. The minimum absolute atomic E-state index is 0.162. The summed E-state index contributed by atoms with van der Waals surface area (Å²) in [5.74, 6) is -0.533. The van der Waals surface area contributed by atoms with Gasteiger partial charge in [0.1, 0.15) is 5.82 Å². The summed E-state index contributed by atoms with van der Waals surface area (Å²) in [6, 6.07) is 12.6. The first-order valence-electron chi connectivity index (χ1n) is 8.50. The average molecular weight is 389 g/mol. The highest BCUT2D eigenvalue weighted by Gasteiger charge is 2.32. The van der Waals surface area contributed by atoms with Gasteiger partial charge >= 0.3 is 0 Å². The van der Waals surface area contributed by atoms with Crippen molar-refractivity contribution < 1.29 is 17.6 Å². The van der Waals surface area contributed by atoms with Crippen molar-refractivity contribution in [3.63, 3.8) is 0 Å². The van der Waals surface area contributed by atoms with E-state index in [-0.39, 0.29) is 18.1 Å². The molecule has 0 aromatic heterocycles. The molecule has 27 heavy (non-hydrogen) atoms. The average Bonchev–Trinajstić information content (AvgIpc) is 3.05. The van der Waals surface area contributed by atoms with E-state index in [4.69, 9.17) is 0 Å². The van der Waals surface area contributed by atoms with Crippen molar-refractivity contribution >= 4 is 27.3 Å². The fourth-order valence-corrected chi connectivity index (χ4v) is 3.58. The molecule has 2 aromatic rings. The van der Waals surface area contributed by atoms with Crippen LogP contribution in [0, 0.1) is 5.82 Å². The van der Waals surface area contributed by atoms with Crippen LogP contribution in [0.1, 0.15) is 36.9 Å². The molecule has 1 aliphatic rings. The summed E-state index contributed by atoms with van der Waals surface area (Å²) >= 11 is 0. The number of halogens is 1. The molecule has 2 aromatic carbocycles. The molecule has 0 radical (unpaired) electrons. The third-order valence-corrected chi connectivity index (χ3v) is 4.81. The second kappa shape index (κ2) is 7.48. The number of hydrogen-bond donors (Lipinski definition) is 1. The molecule has 8 heteroatoms. The summed E-state index contributed by atoms with van der Waals surface area (Å²) in [6.45, 7) is 1.75. The molecule has 0 bridgehead atoms. The van der Waals surface area contributed by atoms with Crippen LogP contribution in [0.15, 0.2) is 53.6 Å². The lowest BCUT2D eigenvalue weighted by Gasteiger charge is -2.21. The number of hydrazone groups is 1. The molecule has 3 rings (SSSR count). The van der Waals surface area contributed by atoms with E-state index < -0.39 is 16.1 Å². The zero-order chi connectivity index (χ0) is 19.6. The molecule has 1 heterocycles. The van der Waals surface area contributed by atoms with Gasteiger partial charge in [0.15, 0.2) is 0 Å². The molecule has 0 fully saturated rings. The van der Waals surface area contributed by atoms with Crippen LogP contribution < -0.4 is 4.72 Å². The van der Waals surface area contributed by atoms with Gasteiger partial charge in [-0.2, -0.15) is 5.10 Å². The Morgan fingerprint density at radius 2 is 2.00 bits per heavy atom. The van der Waals surface area contributed by atoms with E-state index in [2.05, 4.69) is 9.82 Å². The van der Waals surface area contributed by atoms with Gasteiger partial charge in [0, 0.05) is 18.5 Å². The van der Waals surface area contributed by atoms with Crippen LogP contribution in [0.3, 0.4) is 0 Å². The van der Waals surface area contributed by atoms with E-state index in [0.29, 0.717) is 28.9 Å². The Kier molecular flexibility index (Phi) is 5.27. The zero-order valence-electron chi connectivity index (χ0n) is 15.0. The number of nitrogens with zero attached hydrogens (tertiary/aromatic N) is 2. The SMILES string of the molecule is CCC(=O)N1N=C(c2cccc(NS(C)(=O)=O)c2)C[C@H]1c1cccc(F)c1. The fourth-order valence-electron chi connectivity index (χ4n) is 3.03. The zero-order valence-corrected chi connectivity index (χ0v) is 15.8. The van der Waals surface area contributed by atoms with E-state index >= 15 is 0 Å².